The van der Waals surface area contributed by atoms with Gasteiger partial charge in [-0.3, -0.25) is 9.69 Å². The van der Waals surface area contributed by atoms with Crippen molar-refractivity contribution in [2.45, 2.75) is 26.4 Å². The van der Waals surface area contributed by atoms with Gasteiger partial charge in [-0.1, -0.05) is 6.07 Å². The Hall–Kier alpha value is -1.36. The Labute approximate surface area is 114 Å². The lowest BCUT2D eigenvalue weighted by Gasteiger charge is -2.24. The summed E-state index contributed by atoms with van der Waals surface area (Å²) in [6, 6.07) is 5.32. The third kappa shape index (κ3) is 2.41. The van der Waals surface area contributed by atoms with Crippen LogP contribution in [0.5, 0.6) is 0 Å². The van der Waals surface area contributed by atoms with Gasteiger partial charge in [0, 0.05) is 4.47 Å². The molecule has 1 heterocycles. The van der Waals surface area contributed by atoms with Crippen molar-refractivity contribution >= 4 is 33.5 Å². The molecular weight excluding hydrogens is 298 g/mol. The minimum Gasteiger partial charge on any atom is -0.443 e. The Morgan fingerprint density at radius 3 is 2.67 bits per heavy atom. The van der Waals surface area contributed by atoms with Crippen molar-refractivity contribution in [3.63, 3.8) is 0 Å². The molecule has 0 saturated carbocycles. The van der Waals surface area contributed by atoms with Gasteiger partial charge in [0.15, 0.2) is 5.78 Å². The molecule has 5 heteroatoms. The Morgan fingerprint density at radius 2 is 2.06 bits per heavy atom. The van der Waals surface area contributed by atoms with Crippen molar-refractivity contribution in [3.8, 4) is 0 Å². The minimum absolute atomic E-state index is 0.0346. The number of Topliss-reactive ketones (excluding diaryl/α,β-unsaturated/α-hetero) is 1. The van der Waals surface area contributed by atoms with Crippen molar-refractivity contribution in [3.05, 3.63) is 28.2 Å². The molecule has 0 aromatic heterocycles. The van der Waals surface area contributed by atoms with E-state index in [1.807, 2.05) is 0 Å². The Kier molecular flexibility index (Phi) is 3.19. The Bertz CT molecular complexity index is 519. The zero-order valence-corrected chi connectivity index (χ0v) is 12.1. The van der Waals surface area contributed by atoms with Crippen LogP contribution in [-0.2, 0) is 4.74 Å². The standard InChI is InChI=1S/C13H14BrNO3/c1-13(2,3)18-12(17)15-7-10(16)11-8(14)5-4-6-9(11)15/h4-6H,7H2,1-3H3. The highest BCUT2D eigenvalue weighted by Crippen LogP contribution is 2.34. The number of rotatable bonds is 0. The summed E-state index contributed by atoms with van der Waals surface area (Å²) in [6.45, 7) is 5.42. The fourth-order valence-corrected chi connectivity index (χ4v) is 2.38. The van der Waals surface area contributed by atoms with E-state index in [4.69, 9.17) is 4.74 Å². The summed E-state index contributed by atoms with van der Waals surface area (Å²) >= 11 is 3.33. The monoisotopic (exact) mass is 311 g/mol. The van der Waals surface area contributed by atoms with Gasteiger partial charge in [0.1, 0.15) is 5.60 Å². The predicted molar refractivity (Wildman–Crippen MR) is 72.1 cm³/mol. The van der Waals surface area contributed by atoms with E-state index in [-0.39, 0.29) is 12.3 Å². The lowest BCUT2D eigenvalue weighted by Crippen LogP contribution is -2.36. The maximum absolute atomic E-state index is 12.0. The molecule has 2 rings (SSSR count). The highest BCUT2D eigenvalue weighted by molar-refractivity contribution is 9.10. The molecule has 1 aromatic carbocycles. The van der Waals surface area contributed by atoms with Crippen LogP contribution in [0, 0.1) is 0 Å². The molecular formula is C13H14BrNO3. The molecule has 18 heavy (non-hydrogen) atoms. The van der Waals surface area contributed by atoms with E-state index in [1.54, 1.807) is 39.0 Å². The zero-order chi connectivity index (χ0) is 13.5. The van der Waals surface area contributed by atoms with E-state index in [0.717, 1.165) is 0 Å². The summed E-state index contributed by atoms with van der Waals surface area (Å²) in [4.78, 5) is 25.3. The molecule has 96 valence electrons. The van der Waals surface area contributed by atoms with Gasteiger partial charge in [-0.05, 0) is 48.8 Å². The second kappa shape index (κ2) is 4.39. The smallest absolute Gasteiger partial charge is 0.415 e. The second-order valence-corrected chi connectivity index (χ2v) is 5.98. The highest BCUT2D eigenvalue weighted by Gasteiger charge is 2.34. The minimum atomic E-state index is -0.575. The maximum Gasteiger partial charge on any atom is 0.415 e. The van der Waals surface area contributed by atoms with Crippen LogP contribution >= 0.6 is 15.9 Å². The number of ether oxygens (including phenoxy) is 1. The van der Waals surface area contributed by atoms with E-state index in [1.165, 1.54) is 4.90 Å². The molecule has 0 N–H and O–H groups in total. The van der Waals surface area contributed by atoms with Crippen LogP contribution in [0.1, 0.15) is 31.1 Å². The molecule has 0 atom stereocenters. The molecule has 0 saturated heterocycles. The Morgan fingerprint density at radius 1 is 1.39 bits per heavy atom. The van der Waals surface area contributed by atoms with Gasteiger partial charge in [-0.2, -0.15) is 0 Å². The molecule has 0 unspecified atom stereocenters. The molecule has 1 aromatic rings. The van der Waals surface area contributed by atoms with Crippen molar-refractivity contribution in [1.29, 1.82) is 0 Å². The average Bonchev–Trinajstić information content (AvgIpc) is 2.55. The summed E-state index contributed by atoms with van der Waals surface area (Å²) in [5, 5.41) is 0. The molecule has 0 fully saturated rings. The number of benzene rings is 1. The van der Waals surface area contributed by atoms with E-state index >= 15 is 0 Å². The Balaban J connectivity index is 2.33. The van der Waals surface area contributed by atoms with Crippen LogP contribution in [0.2, 0.25) is 0 Å². The van der Waals surface area contributed by atoms with Crippen LogP contribution in [0.4, 0.5) is 10.5 Å². The molecule has 1 amide bonds. The van der Waals surface area contributed by atoms with E-state index in [2.05, 4.69) is 15.9 Å². The first-order chi connectivity index (χ1) is 8.29. The van der Waals surface area contributed by atoms with E-state index in [9.17, 15) is 9.59 Å². The number of hydrogen-bond acceptors (Lipinski definition) is 3. The van der Waals surface area contributed by atoms with E-state index in [0.29, 0.717) is 15.7 Å². The number of anilines is 1. The quantitative estimate of drug-likeness (QED) is 0.738. The van der Waals surface area contributed by atoms with Gasteiger partial charge in [0.25, 0.3) is 0 Å². The molecule has 0 radical (unpaired) electrons. The molecule has 1 aliphatic heterocycles. The lowest BCUT2D eigenvalue weighted by atomic mass is 10.1. The normalized spacial score (nSPS) is 14.7. The largest absolute Gasteiger partial charge is 0.443 e. The summed E-state index contributed by atoms with van der Waals surface area (Å²) in [7, 11) is 0. The van der Waals surface area contributed by atoms with Crippen molar-refractivity contribution < 1.29 is 14.3 Å². The van der Waals surface area contributed by atoms with Gasteiger partial charge >= 0.3 is 6.09 Å². The predicted octanol–water partition coefficient (Wildman–Crippen LogP) is 3.39. The number of fused-ring (bicyclic) bond motifs is 1. The number of nitrogens with zero attached hydrogens (tertiary/aromatic N) is 1. The zero-order valence-electron chi connectivity index (χ0n) is 10.5. The average molecular weight is 312 g/mol. The van der Waals surface area contributed by atoms with Crippen molar-refractivity contribution in [2.24, 2.45) is 0 Å². The fraction of sp³-hybridized carbons (Fsp3) is 0.385. The van der Waals surface area contributed by atoms with Crippen LogP contribution < -0.4 is 4.90 Å². The summed E-state index contributed by atoms with van der Waals surface area (Å²) in [5.41, 5.74) is 0.571. The summed E-state index contributed by atoms with van der Waals surface area (Å²) in [6.07, 6.45) is -0.493. The molecule has 1 aliphatic rings. The van der Waals surface area contributed by atoms with Crippen molar-refractivity contribution in [1.82, 2.24) is 0 Å². The number of carbonyl (C=O) groups is 2. The highest BCUT2D eigenvalue weighted by atomic mass is 79.9. The van der Waals surface area contributed by atoms with Crippen LogP contribution in [-0.4, -0.2) is 24.0 Å². The van der Waals surface area contributed by atoms with Crippen LogP contribution in [0.15, 0.2) is 22.7 Å². The number of ketones is 1. The first kappa shape index (κ1) is 13.1. The number of hydrogen-bond donors (Lipinski definition) is 0. The van der Waals surface area contributed by atoms with Crippen LogP contribution in [0.25, 0.3) is 0 Å². The SMILES string of the molecule is CC(C)(C)OC(=O)N1CC(=O)c2c(Br)cccc21. The maximum atomic E-state index is 12.0. The number of amides is 1. The summed E-state index contributed by atoms with van der Waals surface area (Å²) in [5.74, 6) is -0.0802. The molecule has 4 nitrogen and oxygen atoms in total. The van der Waals surface area contributed by atoms with Gasteiger partial charge in [0.05, 0.1) is 17.8 Å². The molecule has 0 aliphatic carbocycles. The van der Waals surface area contributed by atoms with Crippen molar-refractivity contribution in [2.75, 3.05) is 11.4 Å². The van der Waals surface area contributed by atoms with Crippen LogP contribution in [0.3, 0.4) is 0 Å². The van der Waals surface area contributed by atoms with Gasteiger partial charge in [-0.25, -0.2) is 4.79 Å². The van der Waals surface area contributed by atoms with E-state index < -0.39 is 11.7 Å². The first-order valence-corrected chi connectivity index (χ1v) is 6.41. The lowest BCUT2D eigenvalue weighted by molar-refractivity contribution is 0.0579. The van der Waals surface area contributed by atoms with Gasteiger partial charge in [-0.15, -0.1) is 0 Å². The topological polar surface area (TPSA) is 46.6 Å². The van der Waals surface area contributed by atoms with Gasteiger partial charge in [0.2, 0.25) is 0 Å². The number of carbonyl (C=O) groups excluding carboxylic acids is 2. The summed E-state index contributed by atoms with van der Waals surface area (Å²) < 4.78 is 5.99. The second-order valence-electron chi connectivity index (χ2n) is 5.12. The fourth-order valence-electron chi connectivity index (χ4n) is 1.80. The first-order valence-electron chi connectivity index (χ1n) is 5.62. The molecule has 0 spiro atoms. The third-order valence-corrected chi connectivity index (χ3v) is 3.14. The van der Waals surface area contributed by atoms with Gasteiger partial charge < -0.3 is 4.74 Å². The third-order valence-electron chi connectivity index (χ3n) is 2.48. The molecule has 0 bridgehead atoms. The number of halogens is 1.